The summed E-state index contributed by atoms with van der Waals surface area (Å²) in [5, 5.41) is 5.30. The van der Waals surface area contributed by atoms with Crippen molar-refractivity contribution in [1.29, 1.82) is 0 Å². The quantitative estimate of drug-likeness (QED) is 0.556. The first kappa shape index (κ1) is 16.6. The van der Waals surface area contributed by atoms with Gasteiger partial charge in [0.25, 0.3) is 5.91 Å². The lowest BCUT2D eigenvalue weighted by molar-refractivity contribution is -0.118. The predicted octanol–water partition coefficient (Wildman–Crippen LogP) is 1.13. The zero-order valence-electron chi connectivity index (χ0n) is 12.3. The van der Waals surface area contributed by atoms with Crippen molar-refractivity contribution in [1.82, 2.24) is 10.6 Å². The van der Waals surface area contributed by atoms with Gasteiger partial charge in [-0.05, 0) is 18.2 Å². The van der Waals surface area contributed by atoms with Crippen molar-refractivity contribution in [3.05, 3.63) is 36.4 Å². The minimum Gasteiger partial charge on any atom is -0.493 e. The van der Waals surface area contributed by atoms with Gasteiger partial charge in [-0.25, -0.2) is 0 Å². The van der Waals surface area contributed by atoms with E-state index in [-0.39, 0.29) is 11.8 Å². The maximum absolute atomic E-state index is 11.9. The molecule has 0 saturated heterocycles. The lowest BCUT2D eigenvalue weighted by Crippen LogP contribution is -2.33. The van der Waals surface area contributed by atoms with Gasteiger partial charge in [0.05, 0.1) is 7.11 Å². The van der Waals surface area contributed by atoms with Crippen LogP contribution in [-0.4, -0.2) is 38.6 Å². The molecule has 1 aromatic carbocycles. The SMILES string of the molecule is C=CCOc1ccc(C(=O)NCCNC(C)=O)cc1OC. The molecule has 0 radical (unpaired) electrons. The Morgan fingerprint density at radius 1 is 1.24 bits per heavy atom. The van der Waals surface area contributed by atoms with E-state index < -0.39 is 0 Å². The Hall–Kier alpha value is -2.50. The second kappa shape index (κ2) is 8.63. The summed E-state index contributed by atoms with van der Waals surface area (Å²) in [5.41, 5.74) is 0.459. The van der Waals surface area contributed by atoms with Gasteiger partial charge in [-0.15, -0.1) is 0 Å². The number of rotatable bonds is 8. The summed E-state index contributed by atoms with van der Waals surface area (Å²) in [6.07, 6.45) is 1.63. The molecule has 0 bridgehead atoms. The Labute approximate surface area is 124 Å². The van der Waals surface area contributed by atoms with Crippen LogP contribution in [-0.2, 0) is 4.79 Å². The van der Waals surface area contributed by atoms with E-state index in [1.807, 2.05) is 0 Å². The van der Waals surface area contributed by atoms with Crippen LogP contribution in [0.15, 0.2) is 30.9 Å². The summed E-state index contributed by atoms with van der Waals surface area (Å²) in [6.45, 7) is 6.10. The smallest absolute Gasteiger partial charge is 0.251 e. The molecule has 1 rings (SSSR count). The number of benzene rings is 1. The van der Waals surface area contributed by atoms with E-state index in [2.05, 4.69) is 17.2 Å². The molecule has 0 atom stereocenters. The van der Waals surface area contributed by atoms with Crippen molar-refractivity contribution in [3.8, 4) is 11.5 Å². The molecule has 6 nitrogen and oxygen atoms in total. The molecule has 0 unspecified atom stereocenters. The zero-order valence-corrected chi connectivity index (χ0v) is 12.3. The van der Waals surface area contributed by atoms with Crippen LogP contribution in [0.5, 0.6) is 11.5 Å². The summed E-state index contributed by atoms with van der Waals surface area (Å²) in [7, 11) is 1.51. The van der Waals surface area contributed by atoms with Crippen molar-refractivity contribution in [2.24, 2.45) is 0 Å². The Morgan fingerprint density at radius 3 is 2.57 bits per heavy atom. The number of carbonyl (C=O) groups excluding carboxylic acids is 2. The molecule has 21 heavy (non-hydrogen) atoms. The first-order valence-corrected chi connectivity index (χ1v) is 6.53. The molecule has 6 heteroatoms. The van der Waals surface area contributed by atoms with E-state index in [1.165, 1.54) is 14.0 Å². The van der Waals surface area contributed by atoms with Crippen LogP contribution >= 0.6 is 0 Å². The largest absolute Gasteiger partial charge is 0.493 e. The average molecular weight is 292 g/mol. The number of amides is 2. The Bertz CT molecular complexity index is 514. The van der Waals surface area contributed by atoms with E-state index in [4.69, 9.17) is 9.47 Å². The molecular formula is C15H20N2O4. The highest BCUT2D eigenvalue weighted by molar-refractivity contribution is 5.94. The first-order valence-electron chi connectivity index (χ1n) is 6.53. The number of methoxy groups -OCH3 is 1. The van der Waals surface area contributed by atoms with Gasteiger partial charge in [-0.3, -0.25) is 9.59 Å². The molecule has 0 fully saturated rings. The third-order valence-corrected chi connectivity index (χ3v) is 2.57. The number of nitrogens with one attached hydrogen (secondary N) is 2. The molecule has 0 aliphatic heterocycles. The second-order valence-corrected chi connectivity index (χ2v) is 4.20. The van der Waals surface area contributed by atoms with Crippen LogP contribution in [0, 0.1) is 0 Å². The van der Waals surface area contributed by atoms with Crippen molar-refractivity contribution < 1.29 is 19.1 Å². The Kier molecular flexibility index (Phi) is 6.80. The lowest BCUT2D eigenvalue weighted by Gasteiger charge is -2.11. The van der Waals surface area contributed by atoms with Crippen LogP contribution in [0.25, 0.3) is 0 Å². The van der Waals surface area contributed by atoms with Crippen LogP contribution in [0.1, 0.15) is 17.3 Å². The van der Waals surface area contributed by atoms with Crippen molar-refractivity contribution in [2.45, 2.75) is 6.92 Å². The van der Waals surface area contributed by atoms with Gasteiger partial charge in [-0.2, -0.15) is 0 Å². The number of carbonyl (C=O) groups is 2. The highest BCUT2D eigenvalue weighted by atomic mass is 16.5. The number of hydrogen-bond donors (Lipinski definition) is 2. The molecule has 0 aromatic heterocycles. The van der Waals surface area contributed by atoms with E-state index in [0.29, 0.717) is 36.8 Å². The molecule has 0 spiro atoms. The van der Waals surface area contributed by atoms with Gasteiger partial charge in [-0.1, -0.05) is 12.7 Å². The first-order chi connectivity index (χ1) is 10.1. The molecular weight excluding hydrogens is 272 g/mol. The third-order valence-electron chi connectivity index (χ3n) is 2.57. The minimum absolute atomic E-state index is 0.130. The fourth-order valence-corrected chi connectivity index (χ4v) is 1.59. The molecule has 0 saturated carbocycles. The van der Waals surface area contributed by atoms with Gasteiger partial charge >= 0.3 is 0 Å². The molecule has 0 aliphatic carbocycles. The lowest BCUT2D eigenvalue weighted by atomic mass is 10.2. The maximum Gasteiger partial charge on any atom is 0.251 e. The van der Waals surface area contributed by atoms with Crippen LogP contribution in [0.4, 0.5) is 0 Å². The topological polar surface area (TPSA) is 76.7 Å². The molecule has 2 N–H and O–H groups in total. The monoisotopic (exact) mass is 292 g/mol. The maximum atomic E-state index is 11.9. The minimum atomic E-state index is -0.242. The fourth-order valence-electron chi connectivity index (χ4n) is 1.59. The van der Waals surface area contributed by atoms with E-state index >= 15 is 0 Å². The highest BCUT2D eigenvalue weighted by Crippen LogP contribution is 2.27. The van der Waals surface area contributed by atoms with Crippen LogP contribution in [0.2, 0.25) is 0 Å². The third kappa shape index (κ3) is 5.56. The average Bonchev–Trinajstić information content (AvgIpc) is 2.48. The molecule has 1 aromatic rings. The summed E-state index contributed by atoms with van der Waals surface area (Å²) >= 11 is 0. The standard InChI is InChI=1S/C15H20N2O4/c1-4-9-21-13-6-5-12(10-14(13)20-3)15(19)17-8-7-16-11(2)18/h4-6,10H,1,7-9H2,2-3H3,(H,16,18)(H,17,19). The Morgan fingerprint density at radius 2 is 1.95 bits per heavy atom. The van der Waals surface area contributed by atoms with E-state index in [1.54, 1.807) is 24.3 Å². The summed E-state index contributed by atoms with van der Waals surface area (Å²) < 4.78 is 10.6. The number of ether oxygens (including phenoxy) is 2. The zero-order chi connectivity index (χ0) is 15.7. The van der Waals surface area contributed by atoms with Gasteiger partial charge < -0.3 is 20.1 Å². The molecule has 2 amide bonds. The second-order valence-electron chi connectivity index (χ2n) is 4.20. The normalized spacial score (nSPS) is 9.62. The van der Waals surface area contributed by atoms with Crippen LogP contribution < -0.4 is 20.1 Å². The van der Waals surface area contributed by atoms with Crippen molar-refractivity contribution in [2.75, 3.05) is 26.8 Å². The molecule has 0 aliphatic rings. The van der Waals surface area contributed by atoms with E-state index in [0.717, 1.165) is 0 Å². The van der Waals surface area contributed by atoms with Gasteiger partial charge in [0.15, 0.2) is 11.5 Å². The van der Waals surface area contributed by atoms with Gasteiger partial charge in [0.1, 0.15) is 6.61 Å². The van der Waals surface area contributed by atoms with Gasteiger partial charge in [0, 0.05) is 25.6 Å². The van der Waals surface area contributed by atoms with Crippen LogP contribution in [0.3, 0.4) is 0 Å². The highest BCUT2D eigenvalue weighted by Gasteiger charge is 2.10. The van der Waals surface area contributed by atoms with Gasteiger partial charge in [0.2, 0.25) is 5.91 Å². The molecule has 0 heterocycles. The van der Waals surface area contributed by atoms with Crippen molar-refractivity contribution in [3.63, 3.8) is 0 Å². The van der Waals surface area contributed by atoms with Crippen molar-refractivity contribution >= 4 is 11.8 Å². The van der Waals surface area contributed by atoms with E-state index in [9.17, 15) is 9.59 Å². The number of hydrogen-bond acceptors (Lipinski definition) is 4. The fraction of sp³-hybridized carbons (Fsp3) is 0.333. The summed E-state index contributed by atoms with van der Waals surface area (Å²) in [6, 6.07) is 4.92. The Balaban J connectivity index is 2.63. The summed E-state index contributed by atoms with van der Waals surface area (Å²) in [4.78, 5) is 22.7. The molecule has 114 valence electrons. The predicted molar refractivity (Wildman–Crippen MR) is 79.7 cm³/mol. The summed E-state index contributed by atoms with van der Waals surface area (Å²) in [5.74, 6) is 0.655.